The van der Waals surface area contributed by atoms with Gasteiger partial charge in [0.05, 0.1) is 12.7 Å². The SMILES string of the molecule is CC(C)(C)OC(=O)N1CCCC(=O)C1COC1CCC(c2ccccc2)CC1. The molecule has 1 saturated carbocycles. The Bertz CT molecular complexity index is 659. The van der Waals surface area contributed by atoms with Crippen molar-refractivity contribution in [3.63, 3.8) is 0 Å². The van der Waals surface area contributed by atoms with Crippen LogP contribution in [0.2, 0.25) is 0 Å². The molecule has 154 valence electrons. The number of hydrogen-bond acceptors (Lipinski definition) is 4. The summed E-state index contributed by atoms with van der Waals surface area (Å²) < 4.78 is 11.6. The van der Waals surface area contributed by atoms with Crippen LogP contribution in [0.5, 0.6) is 0 Å². The standard InChI is InChI=1S/C23H33NO4/c1-23(2,3)28-22(26)24-15-7-10-21(25)20(24)16-27-19-13-11-18(12-14-19)17-8-5-4-6-9-17/h4-6,8-9,18-20H,7,10-16H2,1-3H3. The number of amides is 1. The van der Waals surface area contributed by atoms with Gasteiger partial charge in [0.25, 0.3) is 0 Å². The summed E-state index contributed by atoms with van der Waals surface area (Å²) >= 11 is 0. The van der Waals surface area contributed by atoms with Gasteiger partial charge < -0.3 is 9.47 Å². The molecule has 0 radical (unpaired) electrons. The van der Waals surface area contributed by atoms with Gasteiger partial charge in [-0.05, 0) is 64.4 Å². The van der Waals surface area contributed by atoms with Crippen molar-refractivity contribution in [3.05, 3.63) is 35.9 Å². The Morgan fingerprint density at radius 2 is 1.79 bits per heavy atom. The molecule has 0 N–H and O–H groups in total. The van der Waals surface area contributed by atoms with Gasteiger partial charge >= 0.3 is 6.09 Å². The molecule has 1 atom stereocenters. The van der Waals surface area contributed by atoms with Gasteiger partial charge in [-0.1, -0.05) is 30.3 Å². The number of ether oxygens (including phenoxy) is 2. The van der Waals surface area contributed by atoms with E-state index in [1.54, 1.807) is 4.90 Å². The molecular formula is C23H33NO4. The van der Waals surface area contributed by atoms with Crippen molar-refractivity contribution in [2.24, 2.45) is 0 Å². The number of benzene rings is 1. The van der Waals surface area contributed by atoms with Gasteiger partial charge in [-0.3, -0.25) is 9.69 Å². The van der Waals surface area contributed by atoms with E-state index in [1.807, 2.05) is 20.8 Å². The third-order valence-electron chi connectivity index (χ3n) is 5.63. The van der Waals surface area contributed by atoms with Gasteiger partial charge in [0.2, 0.25) is 0 Å². The average Bonchev–Trinajstić information content (AvgIpc) is 2.66. The lowest BCUT2D eigenvalue weighted by Crippen LogP contribution is -2.53. The summed E-state index contributed by atoms with van der Waals surface area (Å²) in [5, 5.41) is 0. The largest absolute Gasteiger partial charge is 0.444 e. The van der Waals surface area contributed by atoms with Crippen LogP contribution < -0.4 is 0 Å². The summed E-state index contributed by atoms with van der Waals surface area (Å²) in [4.78, 5) is 26.5. The maximum atomic E-state index is 12.5. The van der Waals surface area contributed by atoms with E-state index in [1.165, 1.54) is 5.56 Å². The number of ketones is 1. The van der Waals surface area contributed by atoms with Crippen LogP contribution in [0.1, 0.15) is 70.8 Å². The highest BCUT2D eigenvalue weighted by atomic mass is 16.6. The zero-order valence-electron chi connectivity index (χ0n) is 17.4. The van der Waals surface area contributed by atoms with E-state index in [4.69, 9.17) is 9.47 Å². The van der Waals surface area contributed by atoms with Crippen molar-refractivity contribution in [1.82, 2.24) is 4.90 Å². The molecule has 28 heavy (non-hydrogen) atoms. The monoisotopic (exact) mass is 387 g/mol. The van der Waals surface area contributed by atoms with Crippen molar-refractivity contribution in [3.8, 4) is 0 Å². The molecule has 2 aliphatic rings. The van der Waals surface area contributed by atoms with Crippen LogP contribution in [-0.2, 0) is 14.3 Å². The molecule has 1 aliphatic carbocycles. The average molecular weight is 388 g/mol. The number of likely N-dealkylation sites (tertiary alicyclic amines) is 1. The number of piperidine rings is 1. The van der Waals surface area contributed by atoms with Crippen molar-refractivity contribution in [2.75, 3.05) is 13.2 Å². The molecule has 3 rings (SSSR count). The normalized spacial score (nSPS) is 26.2. The van der Waals surface area contributed by atoms with Crippen LogP contribution >= 0.6 is 0 Å². The first-order chi connectivity index (χ1) is 13.3. The quantitative estimate of drug-likeness (QED) is 0.751. The van der Waals surface area contributed by atoms with Crippen molar-refractivity contribution in [2.45, 2.75) is 83.0 Å². The van der Waals surface area contributed by atoms with Crippen molar-refractivity contribution < 1.29 is 19.1 Å². The van der Waals surface area contributed by atoms with E-state index in [0.717, 1.165) is 25.7 Å². The Kier molecular flexibility index (Phi) is 6.76. The summed E-state index contributed by atoms with van der Waals surface area (Å²) in [7, 11) is 0. The third kappa shape index (κ3) is 5.57. The molecule has 5 nitrogen and oxygen atoms in total. The molecule has 1 aromatic rings. The van der Waals surface area contributed by atoms with E-state index in [-0.39, 0.29) is 18.5 Å². The van der Waals surface area contributed by atoms with Gasteiger partial charge in [-0.15, -0.1) is 0 Å². The zero-order chi connectivity index (χ0) is 20.1. The first kappa shape index (κ1) is 20.8. The maximum Gasteiger partial charge on any atom is 0.410 e. The highest BCUT2D eigenvalue weighted by Gasteiger charge is 2.36. The van der Waals surface area contributed by atoms with Crippen LogP contribution in [0.15, 0.2) is 30.3 Å². The number of Topliss-reactive ketones (excluding diaryl/α,β-unsaturated/α-hetero) is 1. The van der Waals surface area contributed by atoms with E-state index in [2.05, 4.69) is 30.3 Å². The fourth-order valence-electron chi connectivity index (χ4n) is 4.16. The molecule has 1 amide bonds. The number of carbonyl (C=O) groups is 2. The van der Waals surface area contributed by atoms with E-state index in [9.17, 15) is 9.59 Å². The number of nitrogens with zero attached hydrogens (tertiary/aromatic N) is 1. The predicted molar refractivity (Wildman–Crippen MR) is 108 cm³/mol. The fraction of sp³-hybridized carbons (Fsp3) is 0.652. The smallest absolute Gasteiger partial charge is 0.410 e. The van der Waals surface area contributed by atoms with E-state index in [0.29, 0.717) is 25.3 Å². The lowest BCUT2D eigenvalue weighted by atomic mass is 9.83. The van der Waals surface area contributed by atoms with Crippen molar-refractivity contribution >= 4 is 11.9 Å². The molecule has 1 aromatic carbocycles. The van der Waals surface area contributed by atoms with Gasteiger partial charge in [0, 0.05) is 13.0 Å². The number of hydrogen-bond donors (Lipinski definition) is 0. The molecule has 5 heteroatoms. The highest BCUT2D eigenvalue weighted by Crippen LogP contribution is 2.34. The van der Waals surface area contributed by atoms with E-state index < -0.39 is 17.7 Å². The molecule has 0 bridgehead atoms. The lowest BCUT2D eigenvalue weighted by Gasteiger charge is -2.37. The summed E-state index contributed by atoms with van der Waals surface area (Å²) in [6.07, 6.45) is 5.13. The Morgan fingerprint density at radius 1 is 1.11 bits per heavy atom. The first-order valence-corrected chi connectivity index (χ1v) is 10.5. The summed E-state index contributed by atoms with van der Waals surface area (Å²) in [6.45, 7) is 6.35. The Morgan fingerprint density at radius 3 is 2.43 bits per heavy atom. The van der Waals surface area contributed by atoms with Crippen LogP contribution in [0.25, 0.3) is 0 Å². The lowest BCUT2D eigenvalue weighted by molar-refractivity contribution is -0.131. The maximum absolute atomic E-state index is 12.5. The molecule has 1 heterocycles. The van der Waals surface area contributed by atoms with Crippen LogP contribution in [0.4, 0.5) is 4.79 Å². The van der Waals surface area contributed by atoms with Crippen molar-refractivity contribution in [1.29, 1.82) is 0 Å². The number of rotatable bonds is 4. The molecule has 0 spiro atoms. The molecule has 2 fully saturated rings. The van der Waals surface area contributed by atoms with Gasteiger partial charge in [-0.2, -0.15) is 0 Å². The molecule has 1 unspecified atom stereocenters. The second kappa shape index (κ2) is 9.08. The number of carbonyl (C=O) groups excluding carboxylic acids is 2. The summed E-state index contributed by atoms with van der Waals surface area (Å²) in [5.74, 6) is 0.672. The molecule has 1 saturated heterocycles. The second-order valence-electron chi connectivity index (χ2n) is 8.98. The summed E-state index contributed by atoms with van der Waals surface area (Å²) in [5.41, 5.74) is 0.832. The minimum atomic E-state index is -0.571. The summed E-state index contributed by atoms with van der Waals surface area (Å²) in [6, 6.07) is 10.1. The minimum absolute atomic E-state index is 0.0788. The minimum Gasteiger partial charge on any atom is -0.444 e. The topological polar surface area (TPSA) is 55.8 Å². The van der Waals surface area contributed by atoms with E-state index >= 15 is 0 Å². The highest BCUT2D eigenvalue weighted by molar-refractivity contribution is 5.88. The second-order valence-corrected chi connectivity index (χ2v) is 8.98. The third-order valence-corrected chi connectivity index (χ3v) is 5.63. The molecular weight excluding hydrogens is 354 g/mol. The zero-order valence-corrected chi connectivity index (χ0v) is 17.4. The van der Waals surface area contributed by atoms with Gasteiger partial charge in [0.1, 0.15) is 11.6 Å². The Labute approximate surface area is 168 Å². The predicted octanol–water partition coefficient (Wildman–Crippen LogP) is 4.70. The van der Waals surface area contributed by atoms with Gasteiger partial charge in [-0.25, -0.2) is 4.79 Å². The van der Waals surface area contributed by atoms with Crippen LogP contribution in [0, 0.1) is 0 Å². The first-order valence-electron chi connectivity index (χ1n) is 10.5. The van der Waals surface area contributed by atoms with Crippen LogP contribution in [-0.4, -0.2) is 47.7 Å². The van der Waals surface area contributed by atoms with Gasteiger partial charge in [0.15, 0.2) is 5.78 Å². The Balaban J connectivity index is 1.52. The Hall–Kier alpha value is -1.88. The van der Waals surface area contributed by atoms with Crippen LogP contribution in [0.3, 0.4) is 0 Å². The molecule has 0 aromatic heterocycles. The fourth-order valence-corrected chi connectivity index (χ4v) is 4.16. The molecule has 1 aliphatic heterocycles.